The van der Waals surface area contributed by atoms with E-state index in [0.717, 1.165) is 5.69 Å². The molecule has 0 saturated heterocycles. The van der Waals surface area contributed by atoms with Crippen LogP contribution in [-0.2, 0) is 9.53 Å². The zero-order valence-corrected chi connectivity index (χ0v) is 12.2. The zero-order valence-electron chi connectivity index (χ0n) is 11.4. The van der Waals surface area contributed by atoms with E-state index in [9.17, 15) is 4.79 Å². The maximum Gasteiger partial charge on any atom is 0.242 e. The molecule has 1 rings (SSSR count). The summed E-state index contributed by atoms with van der Waals surface area (Å²) in [5.41, 5.74) is 7.22. The van der Waals surface area contributed by atoms with Crippen LogP contribution in [0.5, 0.6) is 0 Å². The first-order valence-electron chi connectivity index (χ1n) is 6.02. The van der Waals surface area contributed by atoms with Crippen LogP contribution in [0, 0.1) is 0 Å². The van der Waals surface area contributed by atoms with Gasteiger partial charge in [0, 0.05) is 25.7 Å². The number of hydrogen-bond donors (Lipinski definition) is 2. The van der Waals surface area contributed by atoms with Crippen molar-refractivity contribution in [2.75, 3.05) is 37.9 Å². The molecule has 0 aliphatic heterocycles. The van der Waals surface area contributed by atoms with Gasteiger partial charge in [-0.3, -0.25) is 4.79 Å². The van der Waals surface area contributed by atoms with Gasteiger partial charge in [0.25, 0.3) is 0 Å². The lowest BCUT2D eigenvalue weighted by molar-refractivity contribution is -0.122. The normalized spacial score (nSPS) is 12.0. The minimum absolute atomic E-state index is 0.0843. The molecule has 6 heteroatoms. The van der Waals surface area contributed by atoms with Crippen molar-refractivity contribution in [3.63, 3.8) is 0 Å². The maximum atomic E-state index is 11.9. The lowest BCUT2D eigenvalue weighted by Gasteiger charge is -2.27. The van der Waals surface area contributed by atoms with Crippen LogP contribution in [0.4, 0.5) is 11.4 Å². The van der Waals surface area contributed by atoms with E-state index < -0.39 is 0 Å². The number of carbonyl (C=O) groups is 1. The van der Waals surface area contributed by atoms with Gasteiger partial charge in [-0.2, -0.15) is 0 Å². The highest BCUT2D eigenvalue weighted by molar-refractivity contribution is 6.31. The SMILES string of the molecule is COCCNC(=O)C(C)N(C)c1cc(Cl)ccc1N. The quantitative estimate of drug-likeness (QED) is 0.614. The van der Waals surface area contributed by atoms with Crippen LogP contribution in [0.3, 0.4) is 0 Å². The molecule has 0 bridgehead atoms. The van der Waals surface area contributed by atoms with E-state index in [1.165, 1.54) is 0 Å². The number of hydrogen-bond acceptors (Lipinski definition) is 4. The standard InChI is InChI=1S/C13H20ClN3O2/c1-9(13(18)16-6-7-19-3)17(2)12-8-10(14)4-5-11(12)15/h4-5,8-9H,6-7,15H2,1-3H3,(H,16,18). The highest BCUT2D eigenvalue weighted by Gasteiger charge is 2.19. The second kappa shape index (κ2) is 7.21. The van der Waals surface area contributed by atoms with E-state index in [1.807, 2.05) is 14.0 Å². The average Bonchev–Trinajstić information content (AvgIpc) is 2.40. The van der Waals surface area contributed by atoms with Crippen LogP contribution in [-0.4, -0.2) is 39.3 Å². The van der Waals surface area contributed by atoms with Gasteiger partial charge < -0.3 is 20.7 Å². The Bertz CT molecular complexity index is 440. The third-order valence-electron chi connectivity index (χ3n) is 2.94. The Balaban J connectivity index is 2.72. The Morgan fingerprint density at radius 2 is 2.26 bits per heavy atom. The fraction of sp³-hybridized carbons (Fsp3) is 0.462. The first-order chi connectivity index (χ1) is 8.97. The van der Waals surface area contributed by atoms with Gasteiger partial charge >= 0.3 is 0 Å². The molecule has 19 heavy (non-hydrogen) atoms. The average molecular weight is 286 g/mol. The van der Waals surface area contributed by atoms with Crippen molar-refractivity contribution < 1.29 is 9.53 Å². The molecule has 1 aromatic rings. The molecule has 106 valence electrons. The second-order valence-electron chi connectivity index (χ2n) is 4.27. The van der Waals surface area contributed by atoms with Gasteiger partial charge in [0.1, 0.15) is 6.04 Å². The van der Waals surface area contributed by atoms with Crippen LogP contribution < -0.4 is 16.0 Å². The summed E-state index contributed by atoms with van der Waals surface area (Å²) in [6.07, 6.45) is 0. The van der Waals surface area contributed by atoms with Gasteiger partial charge in [-0.15, -0.1) is 0 Å². The fourth-order valence-corrected chi connectivity index (χ4v) is 1.80. The summed E-state index contributed by atoms with van der Waals surface area (Å²) < 4.78 is 4.89. The summed E-state index contributed by atoms with van der Waals surface area (Å²) in [6.45, 7) is 2.78. The molecular weight excluding hydrogens is 266 g/mol. The zero-order chi connectivity index (χ0) is 14.4. The minimum atomic E-state index is -0.349. The van der Waals surface area contributed by atoms with Gasteiger partial charge in [-0.05, 0) is 25.1 Å². The van der Waals surface area contributed by atoms with E-state index >= 15 is 0 Å². The van der Waals surface area contributed by atoms with Crippen LogP contribution in [0.25, 0.3) is 0 Å². The van der Waals surface area contributed by atoms with Gasteiger partial charge in [0.2, 0.25) is 5.91 Å². The highest BCUT2D eigenvalue weighted by Crippen LogP contribution is 2.27. The van der Waals surface area contributed by atoms with Gasteiger partial charge in [-0.25, -0.2) is 0 Å². The molecule has 0 spiro atoms. The predicted octanol–water partition coefficient (Wildman–Crippen LogP) is 1.51. The van der Waals surface area contributed by atoms with Crippen LogP contribution in [0.15, 0.2) is 18.2 Å². The molecule has 0 aliphatic carbocycles. The Kier molecular flexibility index (Phi) is 5.92. The van der Waals surface area contributed by atoms with E-state index in [1.54, 1.807) is 30.2 Å². The summed E-state index contributed by atoms with van der Waals surface area (Å²) in [5, 5.41) is 3.37. The number of carbonyl (C=O) groups excluding carboxylic acids is 1. The number of methoxy groups -OCH3 is 1. The van der Waals surface area contributed by atoms with Gasteiger partial charge in [0.15, 0.2) is 0 Å². The molecule has 0 heterocycles. The smallest absolute Gasteiger partial charge is 0.242 e. The molecule has 1 atom stereocenters. The first kappa shape index (κ1) is 15.6. The van der Waals surface area contributed by atoms with Crippen molar-refractivity contribution in [1.82, 2.24) is 5.32 Å². The van der Waals surface area contributed by atoms with Crippen molar-refractivity contribution in [1.29, 1.82) is 0 Å². The van der Waals surface area contributed by atoms with Crippen molar-refractivity contribution >= 4 is 28.9 Å². The summed E-state index contributed by atoms with van der Waals surface area (Å²) in [6, 6.07) is 4.84. The van der Waals surface area contributed by atoms with E-state index in [2.05, 4.69) is 5.32 Å². The Labute approximate surface area is 118 Å². The largest absolute Gasteiger partial charge is 0.397 e. The monoisotopic (exact) mass is 285 g/mol. The van der Waals surface area contributed by atoms with Crippen LogP contribution in [0.2, 0.25) is 5.02 Å². The van der Waals surface area contributed by atoms with E-state index in [0.29, 0.717) is 23.9 Å². The lowest BCUT2D eigenvalue weighted by atomic mass is 10.2. The predicted molar refractivity (Wildman–Crippen MR) is 78.6 cm³/mol. The number of amides is 1. The van der Waals surface area contributed by atoms with Crippen molar-refractivity contribution in [3.8, 4) is 0 Å². The molecule has 5 nitrogen and oxygen atoms in total. The summed E-state index contributed by atoms with van der Waals surface area (Å²) in [7, 11) is 3.40. The summed E-state index contributed by atoms with van der Waals surface area (Å²) in [4.78, 5) is 13.7. The third-order valence-corrected chi connectivity index (χ3v) is 3.17. The van der Waals surface area contributed by atoms with Crippen LogP contribution in [0.1, 0.15) is 6.92 Å². The lowest BCUT2D eigenvalue weighted by Crippen LogP contribution is -2.44. The van der Waals surface area contributed by atoms with E-state index in [4.69, 9.17) is 22.1 Å². The Morgan fingerprint density at radius 3 is 2.89 bits per heavy atom. The van der Waals surface area contributed by atoms with E-state index in [-0.39, 0.29) is 11.9 Å². The number of nitrogens with two attached hydrogens (primary N) is 1. The number of benzene rings is 1. The topological polar surface area (TPSA) is 67.6 Å². The first-order valence-corrected chi connectivity index (χ1v) is 6.39. The molecule has 0 saturated carbocycles. The van der Waals surface area contributed by atoms with Gasteiger partial charge in [-0.1, -0.05) is 11.6 Å². The molecule has 0 aliphatic rings. The number of likely N-dealkylation sites (N-methyl/N-ethyl adjacent to an activating group) is 1. The molecule has 0 aromatic heterocycles. The molecular formula is C13H20ClN3O2. The summed E-state index contributed by atoms with van der Waals surface area (Å²) in [5.74, 6) is -0.0843. The maximum absolute atomic E-state index is 11.9. The molecule has 1 unspecified atom stereocenters. The molecule has 1 amide bonds. The number of anilines is 2. The summed E-state index contributed by atoms with van der Waals surface area (Å²) >= 11 is 5.95. The van der Waals surface area contributed by atoms with Gasteiger partial charge in [0.05, 0.1) is 18.0 Å². The Morgan fingerprint density at radius 1 is 1.58 bits per heavy atom. The number of nitrogens with one attached hydrogen (secondary N) is 1. The number of ether oxygens (including phenoxy) is 1. The molecule has 3 N–H and O–H groups in total. The molecule has 1 aromatic carbocycles. The number of nitrogen functional groups attached to an aromatic ring is 1. The minimum Gasteiger partial charge on any atom is -0.397 e. The van der Waals surface area contributed by atoms with Crippen molar-refractivity contribution in [2.45, 2.75) is 13.0 Å². The third kappa shape index (κ3) is 4.29. The second-order valence-corrected chi connectivity index (χ2v) is 4.71. The molecule has 0 fully saturated rings. The highest BCUT2D eigenvalue weighted by atomic mass is 35.5. The van der Waals surface area contributed by atoms with Crippen molar-refractivity contribution in [3.05, 3.63) is 23.2 Å². The number of halogens is 1. The number of nitrogens with zero attached hydrogens (tertiary/aromatic N) is 1. The number of rotatable bonds is 6. The fourth-order valence-electron chi connectivity index (χ4n) is 1.63. The molecule has 0 radical (unpaired) electrons. The Hall–Kier alpha value is -1.46. The van der Waals surface area contributed by atoms with Crippen molar-refractivity contribution in [2.24, 2.45) is 0 Å². The van der Waals surface area contributed by atoms with Crippen LogP contribution >= 0.6 is 11.6 Å².